The molecule has 1 atom stereocenters. The fraction of sp³-hybridized carbons (Fsp3) is 0.562. The highest BCUT2D eigenvalue weighted by Crippen LogP contribution is 2.16. The maximum Gasteiger partial charge on any atom is 0.191 e. The van der Waals surface area contributed by atoms with E-state index in [1.165, 1.54) is 6.07 Å². The highest BCUT2D eigenvalue weighted by molar-refractivity contribution is 9.10. The molecule has 1 saturated heterocycles. The van der Waals surface area contributed by atoms with E-state index in [4.69, 9.17) is 4.74 Å². The summed E-state index contributed by atoms with van der Waals surface area (Å²) in [7, 11) is 1.75. The number of aliphatic imine (C=N–C) groups is 1. The van der Waals surface area contributed by atoms with E-state index in [2.05, 4.69) is 31.6 Å². The van der Waals surface area contributed by atoms with Crippen molar-refractivity contribution in [2.45, 2.75) is 31.8 Å². The number of halogens is 2. The molecule has 4 nitrogen and oxygen atoms in total. The molecule has 0 amide bonds. The van der Waals surface area contributed by atoms with Gasteiger partial charge in [-0.05, 0) is 43.4 Å². The first kappa shape index (κ1) is 17.2. The Hall–Kier alpha value is -1.14. The zero-order valence-corrected chi connectivity index (χ0v) is 14.5. The Balaban J connectivity index is 1.65. The molecule has 1 aliphatic heterocycles. The Morgan fingerprint density at radius 3 is 3.00 bits per heavy atom. The average molecular weight is 372 g/mol. The van der Waals surface area contributed by atoms with Crippen LogP contribution < -0.4 is 10.6 Å². The lowest BCUT2D eigenvalue weighted by molar-refractivity contribution is 0.114. The van der Waals surface area contributed by atoms with E-state index in [1.54, 1.807) is 7.05 Å². The normalized spacial score (nSPS) is 18.5. The topological polar surface area (TPSA) is 45.7 Å². The number of nitrogens with one attached hydrogen (secondary N) is 2. The molecule has 1 heterocycles. The molecule has 122 valence electrons. The first-order valence-electron chi connectivity index (χ1n) is 7.69. The van der Waals surface area contributed by atoms with Crippen LogP contribution in [0.25, 0.3) is 0 Å². The van der Waals surface area contributed by atoms with Gasteiger partial charge in [-0.1, -0.05) is 22.0 Å². The first-order valence-corrected chi connectivity index (χ1v) is 8.48. The lowest BCUT2D eigenvalue weighted by atomic mass is 10.1. The van der Waals surface area contributed by atoms with Gasteiger partial charge in [-0.25, -0.2) is 4.39 Å². The van der Waals surface area contributed by atoms with Crippen molar-refractivity contribution in [3.05, 3.63) is 34.1 Å². The summed E-state index contributed by atoms with van der Waals surface area (Å²) in [6.07, 6.45) is 4.08. The van der Waals surface area contributed by atoms with E-state index in [1.807, 2.05) is 12.1 Å². The van der Waals surface area contributed by atoms with Crippen molar-refractivity contribution in [1.29, 1.82) is 0 Å². The van der Waals surface area contributed by atoms with E-state index < -0.39 is 0 Å². The SMILES string of the molecule is CN=C(NCCCc1ccc(Br)cc1F)NCC1CCCO1. The molecule has 0 bridgehead atoms. The molecular formula is C16H23BrFN3O. The monoisotopic (exact) mass is 371 g/mol. The predicted molar refractivity (Wildman–Crippen MR) is 90.8 cm³/mol. The number of ether oxygens (including phenoxy) is 1. The van der Waals surface area contributed by atoms with Crippen LogP contribution >= 0.6 is 15.9 Å². The summed E-state index contributed by atoms with van der Waals surface area (Å²) in [5.74, 6) is 0.613. The quantitative estimate of drug-likeness (QED) is 0.459. The molecule has 0 spiro atoms. The maximum atomic E-state index is 13.7. The second-order valence-electron chi connectivity index (χ2n) is 5.35. The molecule has 2 N–H and O–H groups in total. The molecule has 0 aliphatic carbocycles. The average Bonchev–Trinajstić information content (AvgIpc) is 3.01. The summed E-state index contributed by atoms with van der Waals surface area (Å²) in [6.45, 7) is 2.39. The Morgan fingerprint density at radius 1 is 1.45 bits per heavy atom. The van der Waals surface area contributed by atoms with Gasteiger partial charge in [0.25, 0.3) is 0 Å². The maximum absolute atomic E-state index is 13.7. The van der Waals surface area contributed by atoms with Crippen LogP contribution in [0.3, 0.4) is 0 Å². The van der Waals surface area contributed by atoms with Crippen molar-refractivity contribution in [3.63, 3.8) is 0 Å². The molecule has 22 heavy (non-hydrogen) atoms. The van der Waals surface area contributed by atoms with Crippen LogP contribution in [0.15, 0.2) is 27.7 Å². The van der Waals surface area contributed by atoms with Gasteiger partial charge in [0.1, 0.15) is 5.82 Å². The van der Waals surface area contributed by atoms with E-state index in [-0.39, 0.29) is 11.9 Å². The molecule has 6 heteroatoms. The Bertz CT molecular complexity index is 504. The van der Waals surface area contributed by atoms with Crippen LogP contribution in [-0.4, -0.2) is 38.8 Å². The van der Waals surface area contributed by atoms with Gasteiger partial charge < -0.3 is 15.4 Å². The van der Waals surface area contributed by atoms with E-state index in [9.17, 15) is 4.39 Å². The molecule has 1 aromatic rings. The van der Waals surface area contributed by atoms with Crippen molar-refractivity contribution in [2.75, 3.05) is 26.7 Å². The fourth-order valence-corrected chi connectivity index (χ4v) is 2.78. The lowest BCUT2D eigenvalue weighted by Gasteiger charge is -2.15. The Morgan fingerprint density at radius 2 is 2.32 bits per heavy atom. The number of nitrogens with zero attached hydrogens (tertiary/aromatic N) is 1. The van der Waals surface area contributed by atoms with Gasteiger partial charge in [-0.2, -0.15) is 0 Å². The zero-order chi connectivity index (χ0) is 15.8. The van der Waals surface area contributed by atoms with Crippen molar-refractivity contribution < 1.29 is 9.13 Å². The third-order valence-corrected chi connectivity index (χ3v) is 4.17. The predicted octanol–water partition coefficient (Wildman–Crippen LogP) is 2.86. The summed E-state index contributed by atoms with van der Waals surface area (Å²) in [6, 6.07) is 5.20. The fourth-order valence-electron chi connectivity index (χ4n) is 2.45. The molecule has 0 saturated carbocycles. The third kappa shape index (κ3) is 5.57. The molecule has 1 unspecified atom stereocenters. The number of hydrogen-bond donors (Lipinski definition) is 2. The van der Waals surface area contributed by atoms with Crippen LogP contribution in [0.4, 0.5) is 4.39 Å². The van der Waals surface area contributed by atoms with Crippen LogP contribution in [0.1, 0.15) is 24.8 Å². The minimum Gasteiger partial charge on any atom is -0.376 e. The van der Waals surface area contributed by atoms with Gasteiger partial charge in [-0.3, -0.25) is 4.99 Å². The second kappa shape index (κ2) is 9.10. The summed E-state index contributed by atoms with van der Waals surface area (Å²) in [4.78, 5) is 4.18. The van der Waals surface area contributed by atoms with E-state index >= 15 is 0 Å². The van der Waals surface area contributed by atoms with Crippen molar-refractivity contribution >= 4 is 21.9 Å². The smallest absolute Gasteiger partial charge is 0.191 e. The summed E-state index contributed by atoms with van der Waals surface area (Å²) in [5, 5.41) is 6.51. The van der Waals surface area contributed by atoms with Gasteiger partial charge in [0.05, 0.1) is 6.10 Å². The highest BCUT2D eigenvalue weighted by Gasteiger charge is 2.15. The summed E-state index contributed by atoms with van der Waals surface area (Å²) >= 11 is 3.27. The van der Waals surface area contributed by atoms with Crippen molar-refractivity contribution in [3.8, 4) is 0 Å². The van der Waals surface area contributed by atoms with Crippen LogP contribution in [0.5, 0.6) is 0 Å². The van der Waals surface area contributed by atoms with Crippen LogP contribution in [0.2, 0.25) is 0 Å². The third-order valence-electron chi connectivity index (χ3n) is 3.68. The zero-order valence-electron chi connectivity index (χ0n) is 12.9. The number of rotatable bonds is 6. The van der Waals surface area contributed by atoms with Gasteiger partial charge in [0.2, 0.25) is 0 Å². The minimum absolute atomic E-state index is 0.157. The van der Waals surface area contributed by atoms with Gasteiger partial charge in [-0.15, -0.1) is 0 Å². The highest BCUT2D eigenvalue weighted by atomic mass is 79.9. The molecular weight excluding hydrogens is 349 g/mol. The van der Waals surface area contributed by atoms with Crippen LogP contribution in [-0.2, 0) is 11.2 Å². The number of aryl methyl sites for hydroxylation is 1. The number of guanidine groups is 1. The number of hydrogen-bond acceptors (Lipinski definition) is 2. The Labute approximate surface area is 139 Å². The van der Waals surface area contributed by atoms with Crippen molar-refractivity contribution in [1.82, 2.24) is 10.6 Å². The standard InChI is InChI=1S/C16H23BrFN3O/c1-19-16(21-11-14-5-3-9-22-14)20-8-2-4-12-6-7-13(17)10-15(12)18/h6-7,10,14H,2-5,8-9,11H2,1H3,(H2,19,20,21). The second-order valence-corrected chi connectivity index (χ2v) is 6.27. The molecule has 1 aromatic carbocycles. The molecule has 2 rings (SSSR count). The molecule has 0 aromatic heterocycles. The first-order chi connectivity index (χ1) is 10.7. The molecule has 1 fully saturated rings. The summed E-state index contributed by atoms with van der Waals surface area (Å²) < 4.78 is 20.0. The van der Waals surface area contributed by atoms with Gasteiger partial charge >= 0.3 is 0 Å². The van der Waals surface area contributed by atoms with Gasteiger partial charge in [0, 0.05) is 31.2 Å². The molecule has 1 aliphatic rings. The number of benzene rings is 1. The van der Waals surface area contributed by atoms with E-state index in [0.717, 1.165) is 55.0 Å². The van der Waals surface area contributed by atoms with E-state index in [0.29, 0.717) is 6.42 Å². The summed E-state index contributed by atoms with van der Waals surface area (Å²) in [5.41, 5.74) is 0.743. The Kier molecular flexibility index (Phi) is 7.12. The largest absolute Gasteiger partial charge is 0.376 e. The van der Waals surface area contributed by atoms with Crippen LogP contribution in [0, 0.1) is 5.82 Å². The minimum atomic E-state index is -0.157. The van der Waals surface area contributed by atoms with Gasteiger partial charge in [0.15, 0.2) is 5.96 Å². The lowest BCUT2D eigenvalue weighted by Crippen LogP contribution is -2.41. The van der Waals surface area contributed by atoms with Crippen molar-refractivity contribution in [2.24, 2.45) is 4.99 Å². The molecule has 0 radical (unpaired) electrons.